The lowest BCUT2D eigenvalue weighted by molar-refractivity contribution is 0.0847. The second-order valence-electron chi connectivity index (χ2n) is 8.46. The molecule has 5 heteroatoms. The van der Waals surface area contributed by atoms with E-state index in [-0.39, 0.29) is 5.60 Å². The molecular formula is C26H25F2NO2. The van der Waals surface area contributed by atoms with Gasteiger partial charge >= 0.3 is 0 Å². The summed E-state index contributed by atoms with van der Waals surface area (Å²) in [6, 6.07) is 14.9. The Morgan fingerprint density at radius 1 is 1.06 bits per heavy atom. The first-order valence-electron chi connectivity index (χ1n) is 10.5. The minimum atomic E-state index is -0.890. The van der Waals surface area contributed by atoms with Gasteiger partial charge in [-0.2, -0.15) is 0 Å². The van der Waals surface area contributed by atoms with E-state index in [1.807, 2.05) is 12.1 Å². The fourth-order valence-electron chi connectivity index (χ4n) is 3.95. The zero-order valence-electron chi connectivity index (χ0n) is 17.9. The molecule has 1 aliphatic heterocycles. The quantitative estimate of drug-likeness (QED) is 0.519. The number of aryl methyl sites for hydroxylation is 2. The van der Waals surface area contributed by atoms with E-state index in [0.29, 0.717) is 5.69 Å². The first kappa shape index (κ1) is 21.0. The van der Waals surface area contributed by atoms with Crippen LogP contribution in [0.15, 0.2) is 54.6 Å². The Balaban J connectivity index is 1.60. The second-order valence-corrected chi connectivity index (χ2v) is 8.46. The molecule has 1 heterocycles. The van der Waals surface area contributed by atoms with Crippen molar-refractivity contribution >= 4 is 11.6 Å². The van der Waals surface area contributed by atoms with Crippen LogP contribution in [0, 0.1) is 11.6 Å². The van der Waals surface area contributed by atoms with Crippen molar-refractivity contribution < 1.29 is 18.3 Å². The predicted molar refractivity (Wildman–Crippen MR) is 119 cm³/mol. The van der Waals surface area contributed by atoms with Crippen LogP contribution in [0.4, 0.5) is 14.5 Å². The van der Waals surface area contributed by atoms with Crippen molar-refractivity contribution in [3.05, 3.63) is 82.9 Å². The number of benzene rings is 3. The maximum absolute atomic E-state index is 13.9. The molecular weight excluding hydrogens is 396 g/mol. The van der Waals surface area contributed by atoms with Crippen molar-refractivity contribution in [3.63, 3.8) is 0 Å². The van der Waals surface area contributed by atoms with Gasteiger partial charge in [0.2, 0.25) is 0 Å². The zero-order valence-corrected chi connectivity index (χ0v) is 17.9. The maximum Gasteiger partial charge on any atom is 0.261 e. The summed E-state index contributed by atoms with van der Waals surface area (Å²) >= 11 is 0. The van der Waals surface area contributed by atoms with Crippen molar-refractivity contribution in [2.45, 2.75) is 45.6 Å². The number of carbonyl (C=O) groups is 1. The van der Waals surface area contributed by atoms with Gasteiger partial charge in [0.1, 0.15) is 28.5 Å². The molecule has 0 atom stereocenters. The summed E-state index contributed by atoms with van der Waals surface area (Å²) in [7, 11) is 0. The average molecular weight is 421 g/mol. The van der Waals surface area contributed by atoms with Crippen LogP contribution in [0.2, 0.25) is 0 Å². The lowest BCUT2D eigenvalue weighted by Crippen LogP contribution is -2.32. The Morgan fingerprint density at radius 3 is 2.39 bits per heavy atom. The molecule has 3 aromatic carbocycles. The van der Waals surface area contributed by atoms with Gasteiger partial charge in [-0.3, -0.25) is 4.79 Å². The van der Waals surface area contributed by atoms with Gasteiger partial charge in [0.15, 0.2) is 0 Å². The van der Waals surface area contributed by atoms with Gasteiger partial charge < -0.3 is 10.1 Å². The molecule has 3 nitrogen and oxygen atoms in total. The molecule has 160 valence electrons. The monoisotopic (exact) mass is 421 g/mol. The minimum Gasteiger partial charge on any atom is -0.488 e. The summed E-state index contributed by atoms with van der Waals surface area (Å²) in [5.41, 5.74) is 4.22. The Bertz CT molecular complexity index is 1120. The van der Waals surface area contributed by atoms with Gasteiger partial charge in [0.25, 0.3) is 5.91 Å². The van der Waals surface area contributed by atoms with Crippen molar-refractivity contribution in [1.82, 2.24) is 0 Å². The van der Waals surface area contributed by atoms with Gasteiger partial charge in [0, 0.05) is 5.69 Å². The van der Waals surface area contributed by atoms with E-state index in [1.54, 1.807) is 12.1 Å². The third-order valence-corrected chi connectivity index (χ3v) is 5.69. The van der Waals surface area contributed by atoms with E-state index in [4.69, 9.17) is 4.74 Å². The Labute approximate surface area is 181 Å². The van der Waals surface area contributed by atoms with Crippen LogP contribution >= 0.6 is 0 Å². The van der Waals surface area contributed by atoms with E-state index in [2.05, 4.69) is 38.2 Å². The summed E-state index contributed by atoms with van der Waals surface area (Å²) in [6.45, 7) is 6.31. The highest BCUT2D eigenvalue weighted by molar-refractivity contribution is 6.04. The van der Waals surface area contributed by atoms with Crippen LogP contribution in [-0.2, 0) is 12.8 Å². The second kappa shape index (κ2) is 8.14. The molecule has 0 bridgehead atoms. The van der Waals surface area contributed by atoms with Crippen LogP contribution in [-0.4, -0.2) is 11.5 Å². The van der Waals surface area contributed by atoms with E-state index in [1.165, 1.54) is 17.2 Å². The highest BCUT2D eigenvalue weighted by atomic mass is 19.1. The third-order valence-electron chi connectivity index (χ3n) is 5.69. The molecule has 0 unspecified atom stereocenters. The number of anilines is 1. The van der Waals surface area contributed by atoms with Crippen LogP contribution in [0.3, 0.4) is 0 Å². The molecule has 0 spiro atoms. The molecule has 3 aromatic rings. The molecule has 0 saturated heterocycles. The van der Waals surface area contributed by atoms with Crippen molar-refractivity contribution in [2.75, 3.05) is 5.32 Å². The van der Waals surface area contributed by atoms with Gasteiger partial charge in [-0.25, -0.2) is 8.78 Å². The molecule has 0 radical (unpaired) electrons. The zero-order chi connectivity index (χ0) is 22.2. The minimum absolute atomic E-state index is 0.186. The molecule has 1 N–H and O–H groups in total. The van der Waals surface area contributed by atoms with E-state index < -0.39 is 23.1 Å². The number of carbonyl (C=O) groups excluding carboxylic acids is 1. The standard InChI is InChI=1S/C26H25F2NO2/c1-4-16-14-18-12-13-26(2,3)31-23(18)15-20(16)17-8-10-19(11-9-17)29-25(30)24-21(27)6-5-7-22(24)28/h5-11,14-15H,4,12-13H2,1-3H3,(H,29,30). The molecule has 0 saturated carbocycles. The van der Waals surface area contributed by atoms with Crippen LogP contribution in [0.1, 0.15) is 48.7 Å². The molecule has 0 aromatic heterocycles. The number of hydrogen-bond donors (Lipinski definition) is 1. The topological polar surface area (TPSA) is 38.3 Å². The highest BCUT2D eigenvalue weighted by Crippen LogP contribution is 2.38. The Hall–Kier alpha value is -3.21. The SMILES string of the molecule is CCc1cc2c(cc1-c1ccc(NC(=O)c3c(F)cccc3F)cc1)OC(C)(C)CC2. The fraction of sp³-hybridized carbons (Fsp3) is 0.269. The fourth-order valence-corrected chi connectivity index (χ4v) is 3.95. The van der Waals surface area contributed by atoms with Crippen molar-refractivity contribution in [3.8, 4) is 16.9 Å². The molecule has 4 rings (SSSR count). The largest absolute Gasteiger partial charge is 0.488 e. The first-order valence-corrected chi connectivity index (χ1v) is 10.5. The molecule has 1 aliphatic rings. The van der Waals surface area contributed by atoms with Gasteiger partial charge in [0.05, 0.1) is 0 Å². The number of fused-ring (bicyclic) bond motifs is 1. The van der Waals surface area contributed by atoms with E-state index >= 15 is 0 Å². The summed E-state index contributed by atoms with van der Waals surface area (Å²) in [4.78, 5) is 12.3. The predicted octanol–water partition coefficient (Wildman–Crippen LogP) is 6.55. The maximum atomic E-state index is 13.9. The highest BCUT2D eigenvalue weighted by Gasteiger charge is 2.27. The molecule has 1 amide bonds. The van der Waals surface area contributed by atoms with E-state index in [0.717, 1.165) is 48.3 Å². The lowest BCUT2D eigenvalue weighted by atomic mass is 9.89. The van der Waals surface area contributed by atoms with Crippen molar-refractivity contribution in [1.29, 1.82) is 0 Å². The molecule has 0 aliphatic carbocycles. The summed E-state index contributed by atoms with van der Waals surface area (Å²) < 4.78 is 33.9. The number of ether oxygens (including phenoxy) is 1. The van der Waals surface area contributed by atoms with Crippen molar-refractivity contribution in [2.24, 2.45) is 0 Å². The Morgan fingerprint density at radius 2 is 1.74 bits per heavy atom. The summed E-state index contributed by atoms with van der Waals surface area (Å²) in [5, 5.41) is 2.56. The number of rotatable bonds is 4. The van der Waals surface area contributed by atoms with Gasteiger partial charge in [-0.1, -0.05) is 31.2 Å². The van der Waals surface area contributed by atoms with Crippen LogP contribution in [0.5, 0.6) is 5.75 Å². The van der Waals surface area contributed by atoms with Gasteiger partial charge in [-0.15, -0.1) is 0 Å². The number of halogens is 2. The van der Waals surface area contributed by atoms with E-state index in [9.17, 15) is 13.6 Å². The Kier molecular flexibility index (Phi) is 5.52. The third kappa shape index (κ3) is 4.31. The lowest BCUT2D eigenvalue weighted by Gasteiger charge is -2.33. The van der Waals surface area contributed by atoms with Gasteiger partial charge in [-0.05, 0) is 85.7 Å². The molecule has 0 fully saturated rings. The number of amides is 1. The van der Waals surface area contributed by atoms with Crippen LogP contribution < -0.4 is 10.1 Å². The first-order chi connectivity index (χ1) is 14.8. The van der Waals surface area contributed by atoms with Crippen LogP contribution in [0.25, 0.3) is 11.1 Å². The summed E-state index contributed by atoms with van der Waals surface area (Å²) in [5.74, 6) is -1.68. The number of hydrogen-bond acceptors (Lipinski definition) is 2. The summed E-state index contributed by atoms with van der Waals surface area (Å²) in [6.07, 6.45) is 2.86. The normalized spacial score (nSPS) is 14.5. The smallest absolute Gasteiger partial charge is 0.261 e. The molecule has 31 heavy (non-hydrogen) atoms. The number of nitrogens with one attached hydrogen (secondary N) is 1. The average Bonchev–Trinajstić information content (AvgIpc) is 2.72.